The quantitative estimate of drug-likeness (QED) is 0.856. The number of hydrogen-bond donors (Lipinski definition) is 2. The topological polar surface area (TPSA) is 84.1 Å². The van der Waals surface area contributed by atoms with Gasteiger partial charge < -0.3 is 10.6 Å². The molecule has 1 aromatic carbocycles. The third-order valence-electron chi connectivity index (χ3n) is 6.09. The minimum absolute atomic E-state index is 0.197. The van der Waals surface area contributed by atoms with Crippen molar-refractivity contribution in [1.29, 1.82) is 0 Å². The lowest BCUT2D eigenvalue weighted by Crippen LogP contribution is -2.34. The largest absolute Gasteiger partial charge is 0.385 e. The molecule has 1 aliphatic heterocycles. The maximum absolute atomic E-state index is 13.1. The molecule has 1 aliphatic carbocycles. The van der Waals surface area contributed by atoms with Gasteiger partial charge in [-0.2, -0.15) is 0 Å². The van der Waals surface area contributed by atoms with Crippen molar-refractivity contribution in [1.82, 2.24) is 14.5 Å². The van der Waals surface area contributed by atoms with Gasteiger partial charge in [-0.1, -0.05) is 12.1 Å². The first-order valence-corrected chi connectivity index (χ1v) is 8.99. The first-order valence-electron chi connectivity index (χ1n) is 8.99. The highest BCUT2D eigenvalue weighted by atomic mass is 19.1. The number of anilines is 1. The molecule has 3 N–H and O–H groups in total. The van der Waals surface area contributed by atoms with Gasteiger partial charge in [0.1, 0.15) is 11.6 Å². The number of nitrogens with zero attached hydrogens (tertiary/aromatic N) is 2. The lowest BCUT2D eigenvalue weighted by molar-refractivity contribution is 0.191. The Balaban J connectivity index is 1.40. The number of nitrogens with one attached hydrogen (secondary N) is 1. The fourth-order valence-electron chi connectivity index (χ4n) is 4.47. The van der Waals surface area contributed by atoms with Gasteiger partial charge in [-0.05, 0) is 48.3 Å². The van der Waals surface area contributed by atoms with Gasteiger partial charge in [0.2, 0.25) is 0 Å². The fourth-order valence-corrected chi connectivity index (χ4v) is 4.47. The van der Waals surface area contributed by atoms with E-state index in [1.807, 2.05) is 12.1 Å². The van der Waals surface area contributed by atoms with Crippen molar-refractivity contribution in [3.63, 3.8) is 0 Å². The maximum Gasteiger partial charge on any atom is 0.329 e. The number of H-pyrrole nitrogens is 1. The van der Waals surface area contributed by atoms with Crippen LogP contribution in [0.15, 0.2) is 33.9 Å². The van der Waals surface area contributed by atoms with E-state index >= 15 is 0 Å². The van der Waals surface area contributed by atoms with Crippen LogP contribution in [0.2, 0.25) is 0 Å². The van der Waals surface area contributed by atoms with Crippen molar-refractivity contribution >= 4 is 5.82 Å². The molecular weight excluding hydrogens is 335 g/mol. The number of nitrogen functional groups attached to an aromatic ring is 1. The lowest BCUT2D eigenvalue weighted by Gasteiger charge is -2.40. The average Bonchev–Trinajstić information content (AvgIpc) is 2.91. The summed E-state index contributed by atoms with van der Waals surface area (Å²) in [6, 6.07) is 6.85. The molecular formula is C19H23FN4O2. The summed E-state index contributed by atoms with van der Waals surface area (Å²) in [4.78, 5) is 28.3. The van der Waals surface area contributed by atoms with Crippen molar-refractivity contribution in [3.05, 3.63) is 62.0 Å². The number of rotatable bonds is 4. The zero-order valence-corrected chi connectivity index (χ0v) is 14.7. The van der Waals surface area contributed by atoms with E-state index in [2.05, 4.69) is 9.88 Å². The van der Waals surface area contributed by atoms with Crippen LogP contribution in [0.5, 0.6) is 0 Å². The predicted molar refractivity (Wildman–Crippen MR) is 97.6 cm³/mol. The summed E-state index contributed by atoms with van der Waals surface area (Å²) in [5.41, 5.74) is 6.75. The van der Waals surface area contributed by atoms with Crippen LogP contribution in [-0.4, -0.2) is 34.1 Å². The van der Waals surface area contributed by atoms with Gasteiger partial charge in [0.25, 0.3) is 5.56 Å². The van der Waals surface area contributed by atoms with Gasteiger partial charge in [-0.3, -0.25) is 14.3 Å². The third kappa shape index (κ3) is 2.86. The summed E-state index contributed by atoms with van der Waals surface area (Å²) in [6.07, 6.45) is 1.66. The van der Waals surface area contributed by atoms with Crippen LogP contribution in [0.25, 0.3) is 0 Å². The van der Waals surface area contributed by atoms with E-state index in [-0.39, 0.29) is 11.6 Å². The van der Waals surface area contributed by atoms with Crippen molar-refractivity contribution < 1.29 is 4.39 Å². The van der Waals surface area contributed by atoms with Crippen molar-refractivity contribution in [2.24, 2.45) is 18.9 Å². The molecule has 1 saturated carbocycles. The molecule has 0 spiro atoms. The highest BCUT2D eigenvalue weighted by molar-refractivity contribution is 5.38. The number of benzene rings is 1. The highest BCUT2D eigenvalue weighted by Crippen LogP contribution is 2.51. The second-order valence-electron chi connectivity index (χ2n) is 7.51. The van der Waals surface area contributed by atoms with Crippen LogP contribution < -0.4 is 17.0 Å². The van der Waals surface area contributed by atoms with Gasteiger partial charge in [0.15, 0.2) is 0 Å². The molecule has 6 nitrogen and oxygen atoms in total. The molecule has 4 rings (SSSR count). The minimum atomic E-state index is -0.488. The van der Waals surface area contributed by atoms with E-state index in [1.165, 1.54) is 22.3 Å². The lowest BCUT2D eigenvalue weighted by atomic mass is 9.64. The fraction of sp³-hybridized carbons (Fsp3) is 0.474. The van der Waals surface area contributed by atoms with Crippen molar-refractivity contribution in [2.75, 3.05) is 25.4 Å². The van der Waals surface area contributed by atoms with Crippen LogP contribution in [0, 0.1) is 17.7 Å². The summed E-state index contributed by atoms with van der Waals surface area (Å²) >= 11 is 0. The van der Waals surface area contributed by atoms with Crippen LogP contribution in [0.1, 0.15) is 23.5 Å². The van der Waals surface area contributed by atoms with E-state index in [0.29, 0.717) is 29.7 Å². The van der Waals surface area contributed by atoms with Gasteiger partial charge in [0, 0.05) is 26.7 Å². The summed E-state index contributed by atoms with van der Waals surface area (Å²) in [6.45, 7) is 2.75. The minimum Gasteiger partial charge on any atom is -0.385 e. The van der Waals surface area contributed by atoms with Gasteiger partial charge in [-0.25, -0.2) is 9.18 Å². The smallest absolute Gasteiger partial charge is 0.329 e. The number of likely N-dealkylation sites (tertiary alicyclic amines) is 1. The Morgan fingerprint density at radius 1 is 1.23 bits per heavy atom. The maximum atomic E-state index is 13.1. The number of fused-ring (bicyclic) bond motifs is 1. The number of nitrogens with two attached hydrogens (primary N) is 1. The van der Waals surface area contributed by atoms with Crippen LogP contribution in [0.4, 0.5) is 10.2 Å². The van der Waals surface area contributed by atoms with Gasteiger partial charge in [0.05, 0.1) is 5.56 Å². The standard InChI is InChI=1S/C19H23FN4O2/c1-23-17(21)14(18(25)22-19(23)26)6-7-24-9-12-8-15(16(12)10-24)11-2-4-13(20)5-3-11/h2-5,12,15-16H,6-10,21H2,1H3,(H,22,25,26). The monoisotopic (exact) mass is 358 g/mol. The Bertz CT molecular complexity index is 934. The van der Waals surface area contributed by atoms with Crippen molar-refractivity contribution in [2.45, 2.75) is 18.8 Å². The molecule has 3 unspecified atom stereocenters. The molecule has 26 heavy (non-hydrogen) atoms. The molecule has 138 valence electrons. The number of halogens is 1. The molecule has 2 fully saturated rings. The Morgan fingerprint density at radius 2 is 1.96 bits per heavy atom. The highest BCUT2D eigenvalue weighted by Gasteiger charge is 2.47. The van der Waals surface area contributed by atoms with Crippen LogP contribution in [0.3, 0.4) is 0 Å². The third-order valence-corrected chi connectivity index (χ3v) is 6.09. The normalized spacial score (nSPS) is 25.1. The summed E-state index contributed by atoms with van der Waals surface area (Å²) < 4.78 is 14.4. The number of aromatic amines is 1. The Kier molecular flexibility index (Phi) is 4.19. The SMILES string of the molecule is Cn1c(N)c(CCN2CC3CC(c4ccc(F)cc4)C3C2)c(=O)[nH]c1=O. The number of hydrogen-bond acceptors (Lipinski definition) is 4. The summed E-state index contributed by atoms with van der Waals surface area (Å²) in [7, 11) is 1.56. The second kappa shape index (κ2) is 6.39. The summed E-state index contributed by atoms with van der Waals surface area (Å²) in [5, 5.41) is 0. The van der Waals surface area contributed by atoms with Crippen molar-refractivity contribution in [3.8, 4) is 0 Å². The molecule has 7 heteroatoms. The van der Waals surface area contributed by atoms with Gasteiger partial charge >= 0.3 is 5.69 Å². The first kappa shape index (κ1) is 17.0. The predicted octanol–water partition coefficient (Wildman–Crippen LogP) is 1.07. The Labute approximate surface area is 150 Å². The van der Waals surface area contributed by atoms with Crippen LogP contribution >= 0.6 is 0 Å². The molecule has 2 aromatic rings. The Hall–Kier alpha value is -2.41. The molecule has 0 bridgehead atoms. The van der Waals surface area contributed by atoms with E-state index in [1.54, 1.807) is 7.05 Å². The van der Waals surface area contributed by atoms with E-state index in [4.69, 9.17) is 5.73 Å². The first-order chi connectivity index (χ1) is 12.4. The number of aromatic nitrogens is 2. The van der Waals surface area contributed by atoms with E-state index in [0.717, 1.165) is 26.1 Å². The Morgan fingerprint density at radius 3 is 2.69 bits per heavy atom. The zero-order chi connectivity index (χ0) is 18.4. The molecule has 3 atom stereocenters. The average molecular weight is 358 g/mol. The molecule has 0 amide bonds. The van der Waals surface area contributed by atoms with E-state index in [9.17, 15) is 14.0 Å². The molecule has 0 radical (unpaired) electrons. The van der Waals surface area contributed by atoms with E-state index < -0.39 is 11.2 Å². The molecule has 1 saturated heterocycles. The second-order valence-corrected chi connectivity index (χ2v) is 7.51. The molecule has 1 aromatic heterocycles. The molecule has 2 aliphatic rings. The summed E-state index contributed by atoms with van der Waals surface area (Å²) in [5.74, 6) is 1.80. The van der Waals surface area contributed by atoms with Gasteiger partial charge in [-0.15, -0.1) is 0 Å². The molecule has 2 heterocycles. The zero-order valence-electron chi connectivity index (χ0n) is 14.7. The van der Waals surface area contributed by atoms with Crippen LogP contribution in [-0.2, 0) is 13.5 Å².